The number of rotatable bonds is 5. The van der Waals surface area contributed by atoms with Gasteiger partial charge in [-0.25, -0.2) is 9.97 Å². The molecule has 1 aliphatic heterocycles. The minimum Gasteiger partial charge on any atom is -0.367 e. The van der Waals surface area contributed by atoms with Gasteiger partial charge in [0.15, 0.2) is 5.65 Å². The topological polar surface area (TPSA) is 137 Å². The number of anilines is 3. The van der Waals surface area contributed by atoms with Gasteiger partial charge in [-0.2, -0.15) is 14.9 Å². The third-order valence-corrected chi connectivity index (χ3v) is 5.16. The third-order valence-electron chi connectivity index (χ3n) is 4.87. The van der Waals surface area contributed by atoms with Gasteiger partial charge in [0.1, 0.15) is 23.5 Å². The Hall–Kier alpha value is -3.97. The second kappa shape index (κ2) is 7.37. The first-order valence-corrected chi connectivity index (χ1v) is 9.90. The van der Waals surface area contributed by atoms with E-state index in [1.165, 1.54) is 12.3 Å². The predicted molar refractivity (Wildman–Crippen MR) is 113 cm³/mol. The third kappa shape index (κ3) is 3.78. The number of hydrogen-bond donors (Lipinski definition) is 3. The Morgan fingerprint density at radius 1 is 1.29 bits per heavy atom. The number of fused-ring (bicyclic) bond motifs is 1. The monoisotopic (exact) mass is 434 g/mol. The molecule has 2 fully saturated rings. The molecule has 154 valence electrons. The molecule has 10 nitrogen and oxygen atoms in total. The van der Waals surface area contributed by atoms with Crippen molar-refractivity contribution in [1.29, 1.82) is 5.26 Å². The fraction of sp³-hybridized carbons (Fsp3) is 0.200. The summed E-state index contributed by atoms with van der Waals surface area (Å²) >= 11 is 6.24. The summed E-state index contributed by atoms with van der Waals surface area (Å²) in [5.74, 6) is 0.789. The van der Waals surface area contributed by atoms with Gasteiger partial charge in [0.05, 0.1) is 23.2 Å². The molecule has 0 unspecified atom stereocenters. The summed E-state index contributed by atoms with van der Waals surface area (Å²) in [5, 5.41) is 22.4. The van der Waals surface area contributed by atoms with Crippen LogP contribution >= 0.6 is 11.6 Å². The number of hydrogen-bond acceptors (Lipinski definition) is 8. The number of carbonyl (C=O) groups is 2. The number of nitrogens with one attached hydrogen (secondary N) is 3. The van der Waals surface area contributed by atoms with Crippen molar-refractivity contribution in [1.82, 2.24) is 24.9 Å². The zero-order valence-electron chi connectivity index (χ0n) is 16.0. The van der Waals surface area contributed by atoms with E-state index in [2.05, 4.69) is 31.0 Å². The maximum absolute atomic E-state index is 11.9. The Labute approximate surface area is 180 Å². The average Bonchev–Trinajstić information content (AvgIpc) is 3.38. The number of carbonyl (C=O) groups excluding carboxylic acids is 2. The van der Waals surface area contributed by atoms with Gasteiger partial charge in [0, 0.05) is 29.4 Å². The second-order valence-corrected chi connectivity index (χ2v) is 7.70. The highest BCUT2D eigenvalue weighted by Crippen LogP contribution is 2.30. The van der Waals surface area contributed by atoms with Crippen molar-refractivity contribution in [2.45, 2.75) is 25.3 Å². The maximum atomic E-state index is 11.9. The zero-order chi connectivity index (χ0) is 21.5. The standard InChI is InChI=1S/C20H15ClN8O2/c21-14-3-10(7-22)8-23-18(14)26-15-6-16(25-13-1-2-13)29-19(27-15)12(9-24-29)4-11-5-17(30)28-20(11)31/h3-4,6,8-9,13,25H,1-2,5H2,(H,23,26,27)(H,28,30,31)/b11-4+. The highest BCUT2D eigenvalue weighted by Gasteiger charge is 2.26. The molecule has 31 heavy (non-hydrogen) atoms. The molecule has 1 saturated heterocycles. The SMILES string of the molecule is N#Cc1cnc(Nc2cc(NC3CC3)n3ncc(/C=C4\CC(=O)NC4=O)c3n2)c(Cl)c1. The van der Waals surface area contributed by atoms with Crippen LogP contribution < -0.4 is 16.0 Å². The van der Waals surface area contributed by atoms with Crippen LogP contribution in [0.15, 0.2) is 30.1 Å². The first-order valence-electron chi connectivity index (χ1n) is 9.53. The van der Waals surface area contributed by atoms with E-state index < -0.39 is 5.91 Å². The molecule has 3 aromatic rings. The highest BCUT2D eigenvalue weighted by atomic mass is 35.5. The van der Waals surface area contributed by atoms with Crippen LogP contribution in [-0.4, -0.2) is 37.4 Å². The number of amides is 2. The predicted octanol–water partition coefficient (Wildman–Crippen LogP) is 2.40. The molecule has 0 atom stereocenters. The van der Waals surface area contributed by atoms with E-state index in [1.54, 1.807) is 22.9 Å². The van der Waals surface area contributed by atoms with E-state index in [4.69, 9.17) is 16.9 Å². The van der Waals surface area contributed by atoms with Gasteiger partial charge in [-0.3, -0.25) is 14.9 Å². The highest BCUT2D eigenvalue weighted by molar-refractivity contribution is 6.33. The molecule has 1 saturated carbocycles. The maximum Gasteiger partial charge on any atom is 0.254 e. The van der Waals surface area contributed by atoms with E-state index in [1.807, 2.05) is 6.07 Å². The smallest absolute Gasteiger partial charge is 0.254 e. The molecule has 11 heteroatoms. The first-order chi connectivity index (χ1) is 15.0. The van der Waals surface area contributed by atoms with Crippen molar-refractivity contribution in [3.8, 4) is 6.07 Å². The van der Waals surface area contributed by atoms with Crippen molar-refractivity contribution in [3.05, 3.63) is 46.2 Å². The van der Waals surface area contributed by atoms with Gasteiger partial charge >= 0.3 is 0 Å². The molecule has 0 radical (unpaired) electrons. The van der Waals surface area contributed by atoms with Crippen LogP contribution in [0.1, 0.15) is 30.4 Å². The summed E-state index contributed by atoms with van der Waals surface area (Å²) in [4.78, 5) is 32.3. The number of aromatic nitrogens is 4. The zero-order valence-corrected chi connectivity index (χ0v) is 16.8. The minimum absolute atomic E-state index is 0.0199. The molecular weight excluding hydrogens is 420 g/mol. The molecule has 0 aromatic carbocycles. The van der Waals surface area contributed by atoms with Crippen LogP contribution in [0, 0.1) is 11.3 Å². The Morgan fingerprint density at radius 3 is 2.81 bits per heavy atom. The van der Waals surface area contributed by atoms with E-state index in [0.29, 0.717) is 40.0 Å². The van der Waals surface area contributed by atoms with Crippen molar-refractivity contribution in [3.63, 3.8) is 0 Å². The Bertz CT molecular complexity index is 1320. The van der Waals surface area contributed by atoms with E-state index in [0.717, 1.165) is 18.7 Å². The number of nitrogens with zero attached hydrogens (tertiary/aromatic N) is 5. The summed E-state index contributed by atoms with van der Waals surface area (Å²) in [6.07, 6.45) is 6.78. The van der Waals surface area contributed by atoms with Gasteiger partial charge < -0.3 is 10.6 Å². The van der Waals surface area contributed by atoms with Gasteiger partial charge in [0.25, 0.3) is 5.91 Å². The lowest BCUT2D eigenvalue weighted by Gasteiger charge is -2.12. The number of halogens is 1. The second-order valence-electron chi connectivity index (χ2n) is 7.30. The normalized spacial score (nSPS) is 17.1. The molecule has 1 aliphatic carbocycles. The molecule has 2 amide bonds. The molecular formula is C20H15ClN8O2. The molecule has 0 bridgehead atoms. The van der Waals surface area contributed by atoms with Crippen LogP contribution in [0.2, 0.25) is 5.02 Å². The molecule has 3 N–H and O–H groups in total. The van der Waals surface area contributed by atoms with E-state index >= 15 is 0 Å². The summed E-state index contributed by atoms with van der Waals surface area (Å²) in [6.45, 7) is 0. The quantitative estimate of drug-likeness (QED) is 0.411. The van der Waals surface area contributed by atoms with Gasteiger partial charge in [-0.15, -0.1) is 0 Å². The Morgan fingerprint density at radius 2 is 2.13 bits per heavy atom. The van der Waals surface area contributed by atoms with Crippen LogP contribution in [0.4, 0.5) is 17.5 Å². The summed E-state index contributed by atoms with van der Waals surface area (Å²) in [7, 11) is 0. The van der Waals surface area contributed by atoms with Crippen LogP contribution in [0.5, 0.6) is 0 Å². The lowest BCUT2D eigenvalue weighted by Crippen LogP contribution is -2.19. The number of nitriles is 1. The minimum atomic E-state index is -0.413. The molecule has 2 aliphatic rings. The number of imide groups is 1. The van der Waals surface area contributed by atoms with Gasteiger partial charge in [-0.1, -0.05) is 11.6 Å². The molecule has 0 spiro atoms. The van der Waals surface area contributed by atoms with E-state index in [9.17, 15) is 9.59 Å². The van der Waals surface area contributed by atoms with Crippen molar-refractivity contribution < 1.29 is 9.59 Å². The molecule has 4 heterocycles. The lowest BCUT2D eigenvalue weighted by atomic mass is 10.1. The van der Waals surface area contributed by atoms with Crippen molar-refractivity contribution >= 4 is 52.6 Å². The van der Waals surface area contributed by atoms with Gasteiger partial charge in [-0.05, 0) is 25.0 Å². The molecule has 5 rings (SSSR count). The van der Waals surface area contributed by atoms with Crippen molar-refractivity contribution in [2.75, 3.05) is 10.6 Å². The Kier molecular flexibility index (Phi) is 4.52. The summed E-state index contributed by atoms with van der Waals surface area (Å²) in [6, 6.07) is 5.66. The number of pyridine rings is 1. The largest absolute Gasteiger partial charge is 0.367 e. The van der Waals surface area contributed by atoms with Crippen LogP contribution in [0.3, 0.4) is 0 Å². The van der Waals surface area contributed by atoms with E-state index in [-0.39, 0.29) is 17.4 Å². The van der Waals surface area contributed by atoms with Crippen LogP contribution in [-0.2, 0) is 9.59 Å². The fourth-order valence-electron chi connectivity index (χ4n) is 3.21. The van der Waals surface area contributed by atoms with Crippen molar-refractivity contribution in [2.24, 2.45) is 0 Å². The lowest BCUT2D eigenvalue weighted by molar-refractivity contribution is -0.124. The van der Waals surface area contributed by atoms with Gasteiger partial charge in [0.2, 0.25) is 5.91 Å². The Balaban J connectivity index is 1.57. The summed E-state index contributed by atoms with van der Waals surface area (Å²) in [5.41, 5.74) is 1.80. The van der Waals surface area contributed by atoms with Crippen LogP contribution in [0.25, 0.3) is 11.7 Å². The molecule has 3 aromatic heterocycles. The fourth-order valence-corrected chi connectivity index (χ4v) is 3.42. The first kappa shape index (κ1) is 19.0. The summed E-state index contributed by atoms with van der Waals surface area (Å²) < 4.78 is 1.65. The average molecular weight is 435 g/mol.